The molecular formula is C13H14FNO5S. The Morgan fingerprint density at radius 1 is 1.38 bits per heavy atom. The van der Waals surface area contributed by atoms with E-state index in [1.165, 1.54) is 6.07 Å². The van der Waals surface area contributed by atoms with Gasteiger partial charge in [-0.25, -0.2) is 4.79 Å². The van der Waals surface area contributed by atoms with E-state index in [2.05, 4.69) is 0 Å². The molecule has 0 spiro atoms. The number of aromatic carboxylic acids is 1. The first kappa shape index (κ1) is 15.4. The summed E-state index contributed by atoms with van der Waals surface area (Å²) in [6, 6.07) is 3.08. The van der Waals surface area contributed by atoms with Gasteiger partial charge in [-0.2, -0.15) is 8.42 Å². The van der Waals surface area contributed by atoms with Crippen molar-refractivity contribution < 1.29 is 27.0 Å². The predicted octanol–water partition coefficient (Wildman–Crippen LogP) is 1.41. The van der Waals surface area contributed by atoms with Crippen molar-refractivity contribution in [2.24, 2.45) is 0 Å². The second kappa shape index (κ2) is 5.10. The van der Waals surface area contributed by atoms with Gasteiger partial charge in [0.05, 0.1) is 11.3 Å². The lowest BCUT2D eigenvalue weighted by atomic mass is 10.0. The van der Waals surface area contributed by atoms with Crippen LogP contribution in [0.15, 0.2) is 12.1 Å². The highest BCUT2D eigenvalue weighted by atomic mass is 32.3. The summed E-state index contributed by atoms with van der Waals surface area (Å²) in [5, 5.41) is 7.81. The minimum absolute atomic E-state index is 0.0993. The fraction of sp³-hybridized carbons (Fsp3) is 0.385. The molecule has 1 heterocycles. The smallest absolute Gasteiger partial charge is 0.337 e. The highest BCUT2D eigenvalue weighted by molar-refractivity contribution is 7.87. The van der Waals surface area contributed by atoms with E-state index in [-0.39, 0.29) is 17.8 Å². The number of amides is 1. The summed E-state index contributed by atoms with van der Waals surface area (Å²) < 4.78 is 35.0. The van der Waals surface area contributed by atoms with E-state index in [4.69, 9.17) is 0 Å². The molecule has 1 aromatic carbocycles. The SMILES string of the molecule is Cc1cc(C)c(N2CC(S(=O)(=O)F)CC2=O)c(C(=O)O)c1. The lowest BCUT2D eigenvalue weighted by Crippen LogP contribution is -2.29. The maximum absolute atomic E-state index is 13.1. The highest BCUT2D eigenvalue weighted by Crippen LogP contribution is 2.32. The van der Waals surface area contributed by atoms with Crippen LogP contribution >= 0.6 is 0 Å². The zero-order valence-electron chi connectivity index (χ0n) is 11.5. The van der Waals surface area contributed by atoms with Gasteiger partial charge >= 0.3 is 16.2 Å². The first-order valence-corrected chi connectivity index (χ1v) is 7.64. The standard InChI is InChI=1S/C13H14FNO5S/c1-7-3-8(2)12(10(4-7)13(17)18)15-6-9(5-11(15)16)21(14,19)20/h3-4,9H,5-6H2,1-2H3,(H,17,18). The Hall–Kier alpha value is -1.96. The Morgan fingerprint density at radius 2 is 2.00 bits per heavy atom. The minimum Gasteiger partial charge on any atom is -0.478 e. The minimum atomic E-state index is -4.84. The number of hydrogen-bond donors (Lipinski definition) is 1. The summed E-state index contributed by atoms with van der Waals surface area (Å²) in [6.45, 7) is 2.96. The molecule has 2 rings (SSSR count). The van der Waals surface area contributed by atoms with Crippen molar-refractivity contribution in [1.29, 1.82) is 0 Å². The molecule has 1 aliphatic rings. The third kappa shape index (κ3) is 2.90. The molecule has 0 aromatic heterocycles. The molecule has 21 heavy (non-hydrogen) atoms. The van der Waals surface area contributed by atoms with Crippen LogP contribution in [0.1, 0.15) is 27.9 Å². The van der Waals surface area contributed by atoms with Gasteiger partial charge in [0, 0.05) is 13.0 Å². The average Bonchev–Trinajstić information content (AvgIpc) is 2.70. The zero-order valence-corrected chi connectivity index (χ0v) is 12.3. The summed E-state index contributed by atoms with van der Waals surface area (Å²) in [6.07, 6.45) is -0.481. The van der Waals surface area contributed by atoms with Crippen LogP contribution in [0.2, 0.25) is 0 Å². The van der Waals surface area contributed by atoms with Crippen LogP contribution in [0.4, 0.5) is 9.57 Å². The Morgan fingerprint density at radius 3 is 2.48 bits per heavy atom. The van der Waals surface area contributed by atoms with Gasteiger partial charge in [0.25, 0.3) is 0 Å². The predicted molar refractivity (Wildman–Crippen MR) is 73.7 cm³/mol. The van der Waals surface area contributed by atoms with Gasteiger partial charge < -0.3 is 10.0 Å². The molecule has 0 bridgehead atoms. The van der Waals surface area contributed by atoms with E-state index >= 15 is 0 Å². The molecule has 1 N–H and O–H groups in total. The number of benzene rings is 1. The van der Waals surface area contributed by atoms with Gasteiger partial charge in [-0.1, -0.05) is 6.07 Å². The largest absolute Gasteiger partial charge is 0.478 e. The first-order valence-electron chi connectivity index (χ1n) is 6.19. The van der Waals surface area contributed by atoms with Crippen LogP contribution in [-0.4, -0.2) is 37.2 Å². The van der Waals surface area contributed by atoms with Crippen LogP contribution in [0, 0.1) is 13.8 Å². The molecule has 0 saturated carbocycles. The Labute approximate surface area is 121 Å². The Balaban J connectivity index is 2.53. The summed E-state index contributed by atoms with van der Waals surface area (Å²) >= 11 is 0. The van der Waals surface area contributed by atoms with E-state index < -0.39 is 33.8 Å². The fourth-order valence-corrected chi connectivity index (χ4v) is 3.23. The molecule has 1 aliphatic heterocycles. The molecule has 1 atom stereocenters. The lowest BCUT2D eigenvalue weighted by Gasteiger charge is -2.21. The van der Waals surface area contributed by atoms with Gasteiger partial charge in [0.1, 0.15) is 5.25 Å². The summed E-state index contributed by atoms with van der Waals surface area (Å²) in [7, 11) is -4.84. The average molecular weight is 315 g/mol. The number of rotatable bonds is 3. The zero-order chi connectivity index (χ0) is 15.9. The number of anilines is 1. The molecule has 6 nitrogen and oxygen atoms in total. The van der Waals surface area contributed by atoms with Crippen LogP contribution in [0.3, 0.4) is 0 Å². The van der Waals surface area contributed by atoms with Crippen molar-refractivity contribution in [2.45, 2.75) is 25.5 Å². The van der Waals surface area contributed by atoms with Crippen molar-refractivity contribution >= 4 is 27.8 Å². The summed E-state index contributed by atoms with van der Waals surface area (Å²) in [4.78, 5) is 24.3. The second-order valence-corrected chi connectivity index (χ2v) is 6.71. The fourth-order valence-electron chi connectivity index (χ4n) is 2.56. The van der Waals surface area contributed by atoms with Crippen LogP contribution in [0.25, 0.3) is 0 Å². The molecule has 1 unspecified atom stereocenters. The van der Waals surface area contributed by atoms with Gasteiger partial charge in [-0.05, 0) is 31.0 Å². The molecule has 0 radical (unpaired) electrons. The topological polar surface area (TPSA) is 91.8 Å². The first-order chi connectivity index (χ1) is 9.61. The molecule has 1 amide bonds. The maximum atomic E-state index is 13.1. The molecule has 8 heteroatoms. The number of aryl methyl sites for hydroxylation is 2. The van der Waals surface area contributed by atoms with Crippen LogP contribution in [-0.2, 0) is 15.0 Å². The van der Waals surface area contributed by atoms with E-state index in [1.807, 2.05) is 0 Å². The van der Waals surface area contributed by atoms with Crippen molar-refractivity contribution in [2.75, 3.05) is 11.4 Å². The van der Waals surface area contributed by atoms with Crippen molar-refractivity contribution in [3.8, 4) is 0 Å². The number of hydrogen-bond acceptors (Lipinski definition) is 4. The molecular weight excluding hydrogens is 301 g/mol. The maximum Gasteiger partial charge on any atom is 0.337 e. The van der Waals surface area contributed by atoms with Gasteiger partial charge in [-0.15, -0.1) is 3.89 Å². The van der Waals surface area contributed by atoms with Gasteiger partial charge in [-0.3, -0.25) is 4.79 Å². The van der Waals surface area contributed by atoms with Gasteiger partial charge in [0.2, 0.25) is 5.91 Å². The number of halogens is 1. The molecule has 1 fully saturated rings. The van der Waals surface area contributed by atoms with Crippen molar-refractivity contribution in [1.82, 2.24) is 0 Å². The number of nitrogens with zero attached hydrogens (tertiary/aromatic N) is 1. The van der Waals surface area contributed by atoms with Gasteiger partial charge in [0.15, 0.2) is 0 Å². The van der Waals surface area contributed by atoms with E-state index in [1.54, 1.807) is 19.9 Å². The number of carbonyl (C=O) groups excluding carboxylic acids is 1. The summed E-state index contributed by atoms with van der Waals surface area (Å²) in [5.41, 5.74) is 1.26. The van der Waals surface area contributed by atoms with E-state index in [0.29, 0.717) is 11.1 Å². The number of carbonyl (C=O) groups is 2. The molecule has 1 aromatic rings. The normalized spacial score (nSPS) is 19.1. The van der Waals surface area contributed by atoms with E-state index in [0.717, 1.165) is 4.90 Å². The number of carboxylic acids is 1. The van der Waals surface area contributed by atoms with Crippen molar-refractivity contribution in [3.63, 3.8) is 0 Å². The number of carboxylic acid groups (broad SMARTS) is 1. The third-order valence-electron chi connectivity index (χ3n) is 3.43. The van der Waals surface area contributed by atoms with E-state index in [9.17, 15) is 27.0 Å². The molecule has 0 aliphatic carbocycles. The Bertz CT molecular complexity index is 728. The quantitative estimate of drug-likeness (QED) is 0.851. The lowest BCUT2D eigenvalue weighted by molar-refractivity contribution is -0.117. The second-order valence-electron chi connectivity index (χ2n) is 5.09. The van der Waals surface area contributed by atoms with Crippen LogP contribution in [0.5, 0.6) is 0 Å². The highest BCUT2D eigenvalue weighted by Gasteiger charge is 2.40. The Kier molecular flexibility index (Phi) is 3.75. The molecule has 1 saturated heterocycles. The van der Waals surface area contributed by atoms with Crippen molar-refractivity contribution in [3.05, 3.63) is 28.8 Å². The molecule has 114 valence electrons. The summed E-state index contributed by atoms with van der Waals surface area (Å²) in [5.74, 6) is -1.83. The third-order valence-corrected chi connectivity index (χ3v) is 4.54. The van der Waals surface area contributed by atoms with Crippen LogP contribution < -0.4 is 4.90 Å². The monoisotopic (exact) mass is 315 g/mol.